The van der Waals surface area contributed by atoms with Gasteiger partial charge in [-0.15, -0.1) is 0 Å². The summed E-state index contributed by atoms with van der Waals surface area (Å²) in [4.78, 5) is 27.0. The zero-order chi connectivity index (χ0) is 14.7. The van der Waals surface area contributed by atoms with E-state index in [1.165, 1.54) is 12.1 Å². The normalized spacial score (nSPS) is 16.0. The van der Waals surface area contributed by atoms with Crippen LogP contribution in [0, 0.1) is 6.92 Å². The number of carbonyl (C=O) groups excluding carboxylic acids is 1. The Labute approximate surface area is 118 Å². The fourth-order valence-corrected chi connectivity index (χ4v) is 2.09. The lowest BCUT2D eigenvalue weighted by atomic mass is 10.1. The predicted octanol–water partition coefficient (Wildman–Crippen LogP) is 1.47. The first-order chi connectivity index (χ1) is 9.47. The van der Waals surface area contributed by atoms with Crippen molar-refractivity contribution in [2.75, 3.05) is 38.5 Å². The maximum absolute atomic E-state index is 12.2. The van der Waals surface area contributed by atoms with E-state index < -0.39 is 5.97 Å². The minimum atomic E-state index is -1.000. The smallest absolute Gasteiger partial charge is 0.335 e. The lowest BCUT2D eigenvalue weighted by Gasteiger charge is -2.32. The molecule has 0 unspecified atom stereocenters. The van der Waals surface area contributed by atoms with E-state index >= 15 is 0 Å². The molecule has 1 aromatic carbocycles. The van der Waals surface area contributed by atoms with E-state index in [-0.39, 0.29) is 11.6 Å². The SMILES string of the molecule is Cc1ccc(C(=O)O)cc1NC(=O)N1CCN(C)CC1. The summed E-state index contributed by atoms with van der Waals surface area (Å²) in [5, 5.41) is 11.8. The molecule has 0 bridgehead atoms. The number of likely N-dealkylation sites (N-methyl/N-ethyl adjacent to an activating group) is 1. The van der Waals surface area contributed by atoms with Crippen molar-refractivity contribution in [1.82, 2.24) is 9.80 Å². The number of carboxylic acid groups (broad SMARTS) is 1. The molecule has 2 amide bonds. The molecule has 0 radical (unpaired) electrons. The fraction of sp³-hybridized carbons (Fsp3) is 0.429. The second-order valence-corrected chi connectivity index (χ2v) is 5.06. The van der Waals surface area contributed by atoms with Crippen LogP contribution in [0.25, 0.3) is 0 Å². The summed E-state index contributed by atoms with van der Waals surface area (Å²) >= 11 is 0. The van der Waals surface area contributed by atoms with Crippen LogP contribution in [0.1, 0.15) is 15.9 Å². The Morgan fingerprint density at radius 1 is 1.20 bits per heavy atom. The molecule has 108 valence electrons. The minimum absolute atomic E-state index is 0.171. The van der Waals surface area contributed by atoms with Gasteiger partial charge in [0.2, 0.25) is 0 Å². The molecule has 0 aliphatic carbocycles. The van der Waals surface area contributed by atoms with Crippen LogP contribution in [0.15, 0.2) is 18.2 Å². The van der Waals surface area contributed by atoms with E-state index in [9.17, 15) is 9.59 Å². The summed E-state index contributed by atoms with van der Waals surface area (Å²) in [5.41, 5.74) is 1.57. The first kappa shape index (κ1) is 14.3. The van der Waals surface area contributed by atoms with E-state index in [1.807, 2.05) is 14.0 Å². The maximum atomic E-state index is 12.2. The van der Waals surface area contributed by atoms with Gasteiger partial charge >= 0.3 is 12.0 Å². The average Bonchev–Trinajstić information content (AvgIpc) is 2.41. The number of anilines is 1. The monoisotopic (exact) mass is 277 g/mol. The number of carboxylic acids is 1. The second kappa shape index (κ2) is 5.92. The molecule has 2 rings (SSSR count). The maximum Gasteiger partial charge on any atom is 0.335 e. The number of nitrogens with zero attached hydrogens (tertiary/aromatic N) is 2. The van der Waals surface area contributed by atoms with E-state index in [1.54, 1.807) is 11.0 Å². The number of carbonyl (C=O) groups is 2. The highest BCUT2D eigenvalue weighted by molar-refractivity contribution is 5.94. The van der Waals surface area contributed by atoms with Gasteiger partial charge in [0.25, 0.3) is 0 Å². The van der Waals surface area contributed by atoms with Gasteiger partial charge in [0, 0.05) is 31.9 Å². The van der Waals surface area contributed by atoms with Crippen molar-refractivity contribution in [3.63, 3.8) is 0 Å². The summed E-state index contributed by atoms with van der Waals surface area (Å²) in [7, 11) is 2.02. The van der Waals surface area contributed by atoms with Crippen molar-refractivity contribution in [3.05, 3.63) is 29.3 Å². The number of benzene rings is 1. The first-order valence-corrected chi connectivity index (χ1v) is 6.56. The van der Waals surface area contributed by atoms with E-state index in [0.717, 1.165) is 18.7 Å². The Balaban J connectivity index is 2.07. The van der Waals surface area contributed by atoms with Gasteiger partial charge in [-0.1, -0.05) is 6.07 Å². The van der Waals surface area contributed by atoms with Crippen LogP contribution in [0.2, 0.25) is 0 Å². The van der Waals surface area contributed by atoms with Crippen LogP contribution in [0.5, 0.6) is 0 Å². The first-order valence-electron chi connectivity index (χ1n) is 6.56. The second-order valence-electron chi connectivity index (χ2n) is 5.06. The molecular weight excluding hydrogens is 258 g/mol. The molecule has 2 N–H and O–H groups in total. The molecular formula is C14H19N3O3. The minimum Gasteiger partial charge on any atom is -0.478 e. The van der Waals surface area contributed by atoms with Crippen LogP contribution in [0.3, 0.4) is 0 Å². The molecule has 0 spiro atoms. The Morgan fingerprint density at radius 2 is 1.85 bits per heavy atom. The quantitative estimate of drug-likeness (QED) is 0.858. The summed E-state index contributed by atoms with van der Waals surface area (Å²) in [6.07, 6.45) is 0. The van der Waals surface area contributed by atoms with Crippen LogP contribution in [-0.2, 0) is 0 Å². The van der Waals surface area contributed by atoms with Gasteiger partial charge in [-0.25, -0.2) is 9.59 Å². The van der Waals surface area contributed by atoms with Gasteiger partial charge in [0.05, 0.1) is 5.56 Å². The van der Waals surface area contributed by atoms with Crippen molar-refractivity contribution in [2.24, 2.45) is 0 Å². The number of aromatic carboxylic acids is 1. The number of hydrogen-bond donors (Lipinski definition) is 2. The Morgan fingerprint density at radius 3 is 2.45 bits per heavy atom. The standard InChI is InChI=1S/C14H19N3O3/c1-10-3-4-11(13(18)19)9-12(10)15-14(20)17-7-5-16(2)6-8-17/h3-4,9H,5-8H2,1-2H3,(H,15,20)(H,18,19). The Kier molecular flexibility index (Phi) is 4.24. The van der Waals surface area contributed by atoms with Crippen molar-refractivity contribution < 1.29 is 14.7 Å². The third-order valence-corrected chi connectivity index (χ3v) is 3.52. The molecule has 1 heterocycles. The largest absolute Gasteiger partial charge is 0.478 e. The predicted molar refractivity (Wildman–Crippen MR) is 76.2 cm³/mol. The van der Waals surface area contributed by atoms with Gasteiger partial charge in [0.1, 0.15) is 0 Å². The zero-order valence-electron chi connectivity index (χ0n) is 11.7. The van der Waals surface area contributed by atoms with E-state index in [4.69, 9.17) is 5.11 Å². The number of rotatable bonds is 2. The molecule has 6 nitrogen and oxygen atoms in total. The van der Waals surface area contributed by atoms with E-state index in [2.05, 4.69) is 10.2 Å². The molecule has 0 atom stereocenters. The number of urea groups is 1. The molecule has 1 aliphatic heterocycles. The van der Waals surface area contributed by atoms with Gasteiger partial charge < -0.3 is 20.2 Å². The summed E-state index contributed by atoms with van der Waals surface area (Å²) in [6.45, 7) is 4.90. The van der Waals surface area contributed by atoms with Gasteiger partial charge in [-0.3, -0.25) is 0 Å². The third-order valence-electron chi connectivity index (χ3n) is 3.52. The molecule has 6 heteroatoms. The molecule has 1 fully saturated rings. The van der Waals surface area contributed by atoms with Crippen molar-refractivity contribution in [2.45, 2.75) is 6.92 Å². The zero-order valence-corrected chi connectivity index (χ0v) is 11.7. The highest BCUT2D eigenvalue weighted by Crippen LogP contribution is 2.18. The number of hydrogen-bond acceptors (Lipinski definition) is 3. The molecule has 1 aromatic rings. The lowest BCUT2D eigenvalue weighted by Crippen LogP contribution is -2.48. The Hall–Kier alpha value is -2.08. The third kappa shape index (κ3) is 3.27. The average molecular weight is 277 g/mol. The van der Waals surface area contributed by atoms with Crippen molar-refractivity contribution in [3.8, 4) is 0 Å². The topological polar surface area (TPSA) is 72.9 Å². The van der Waals surface area contributed by atoms with Crippen molar-refractivity contribution >= 4 is 17.7 Å². The van der Waals surface area contributed by atoms with Gasteiger partial charge in [0.15, 0.2) is 0 Å². The summed E-state index contributed by atoms with van der Waals surface area (Å²) in [5.74, 6) is -1.000. The fourth-order valence-electron chi connectivity index (χ4n) is 2.09. The van der Waals surface area contributed by atoms with Crippen LogP contribution in [-0.4, -0.2) is 60.1 Å². The number of nitrogens with one attached hydrogen (secondary N) is 1. The summed E-state index contributed by atoms with van der Waals surface area (Å²) < 4.78 is 0. The summed E-state index contributed by atoms with van der Waals surface area (Å²) in [6, 6.07) is 4.54. The number of piperazine rings is 1. The van der Waals surface area contributed by atoms with Gasteiger partial charge in [-0.05, 0) is 31.7 Å². The highest BCUT2D eigenvalue weighted by Gasteiger charge is 2.19. The molecule has 0 aromatic heterocycles. The molecule has 20 heavy (non-hydrogen) atoms. The van der Waals surface area contributed by atoms with Gasteiger partial charge in [-0.2, -0.15) is 0 Å². The Bertz CT molecular complexity index is 522. The van der Waals surface area contributed by atoms with Crippen LogP contribution < -0.4 is 5.32 Å². The highest BCUT2D eigenvalue weighted by atomic mass is 16.4. The van der Waals surface area contributed by atoms with E-state index in [0.29, 0.717) is 18.8 Å². The van der Waals surface area contributed by atoms with Crippen LogP contribution >= 0.6 is 0 Å². The number of aryl methyl sites for hydroxylation is 1. The molecule has 1 saturated heterocycles. The molecule has 0 saturated carbocycles. The lowest BCUT2D eigenvalue weighted by molar-refractivity contribution is 0.0697. The van der Waals surface area contributed by atoms with Crippen LogP contribution in [0.4, 0.5) is 10.5 Å². The molecule has 1 aliphatic rings. The number of amides is 2. The van der Waals surface area contributed by atoms with Crippen molar-refractivity contribution in [1.29, 1.82) is 0 Å².